The number of aromatic amines is 1. The Hall–Kier alpha value is -4.21. The van der Waals surface area contributed by atoms with Crippen LogP contribution in [-0.4, -0.2) is 43.9 Å². The van der Waals surface area contributed by atoms with E-state index in [1.807, 2.05) is 37.8 Å². The molecule has 0 aliphatic carbocycles. The first-order valence-electron chi connectivity index (χ1n) is 14.0. The number of rotatable bonds is 11. The van der Waals surface area contributed by atoms with E-state index >= 15 is 0 Å². The van der Waals surface area contributed by atoms with E-state index in [0.717, 1.165) is 24.8 Å². The molecule has 226 valence electrons. The number of nitrogens with zero attached hydrogens (tertiary/aromatic N) is 3. The monoisotopic (exact) mass is 625 g/mol. The van der Waals surface area contributed by atoms with Crippen molar-refractivity contribution in [2.75, 3.05) is 16.8 Å². The van der Waals surface area contributed by atoms with E-state index in [0.29, 0.717) is 28.9 Å². The maximum Gasteiger partial charge on any atom is 0.308 e. The van der Waals surface area contributed by atoms with Crippen LogP contribution in [0.3, 0.4) is 0 Å². The Bertz CT molecular complexity index is 1650. The Morgan fingerprint density at radius 3 is 2.60 bits per heavy atom. The van der Waals surface area contributed by atoms with E-state index in [1.165, 1.54) is 18.2 Å². The SMILES string of the molecule is CCCOc1cc(-c2ccc(C(=O)NS(=O)(=O)c3cccc(NC(=O)CCC#N)[nH+]3)c(N3[C@H](C)CC[C@@H]3C)n2)ccc1Cl. The summed E-state index contributed by atoms with van der Waals surface area (Å²) in [6.45, 7) is 6.59. The van der Waals surface area contributed by atoms with Gasteiger partial charge in [0.05, 0.1) is 35.4 Å². The lowest BCUT2D eigenvalue weighted by Crippen LogP contribution is -2.38. The van der Waals surface area contributed by atoms with E-state index < -0.39 is 21.8 Å². The van der Waals surface area contributed by atoms with Gasteiger partial charge in [0, 0.05) is 30.1 Å². The second kappa shape index (κ2) is 13.8. The fourth-order valence-electron chi connectivity index (χ4n) is 4.87. The second-order valence-corrected chi connectivity index (χ2v) is 12.4. The van der Waals surface area contributed by atoms with Crippen molar-refractivity contribution in [2.24, 2.45) is 0 Å². The number of anilines is 2. The minimum atomic E-state index is -4.37. The number of hydrogen-bond donors (Lipinski definition) is 2. The number of H-pyrrole nitrogens is 1. The number of ether oxygens (including phenoxy) is 1. The fraction of sp³-hybridized carbons (Fsp3) is 0.367. The number of amides is 2. The highest BCUT2D eigenvalue weighted by molar-refractivity contribution is 7.89. The number of aromatic nitrogens is 2. The number of nitrogens with one attached hydrogen (secondary N) is 3. The average Bonchev–Trinajstić information content (AvgIpc) is 3.32. The lowest BCUT2D eigenvalue weighted by molar-refractivity contribution is -0.411. The first-order chi connectivity index (χ1) is 20.5. The van der Waals surface area contributed by atoms with Crippen molar-refractivity contribution >= 4 is 45.1 Å². The van der Waals surface area contributed by atoms with E-state index in [-0.39, 0.29) is 41.3 Å². The van der Waals surface area contributed by atoms with Crippen LogP contribution in [0.2, 0.25) is 5.02 Å². The zero-order valence-electron chi connectivity index (χ0n) is 24.2. The largest absolute Gasteiger partial charge is 0.492 e. The third-order valence-electron chi connectivity index (χ3n) is 7.03. The molecule has 43 heavy (non-hydrogen) atoms. The van der Waals surface area contributed by atoms with Crippen LogP contribution in [0, 0.1) is 11.3 Å². The molecule has 2 atom stereocenters. The molecule has 2 aromatic heterocycles. The lowest BCUT2D eigenvalue weighted by Gasteiger charge is -2.29. The predicted octanol–water partition coefficient (Wildman–Crippen LogP) is 4.74. The minimum absolute atomic E-state index is 0.0229. The molecule has 13 heteroatoms. The van der Waals surface area contributed by atoms with Crippen molar-refractivity contribution < 1.29 is 27.7 Å². The third kappa shape index (κ3) is 7.60. The van der Waals surface area contributed by atoms with E-state index in [1.54, 1.807) is 24.3 Å². The average molecular weight is 626 g/mol. The molecule has 1 aliphatic rings. The van der Waals surface area contributed by atoms with Crippen LogP contribution in [-0.2, 0) is 14.8 Å². The summed E-state index contributed by atoms with van der Waals surface area (Å²) < 4.78 is 34.4. The second-order valence-electron chi connectivity index (χ2n) is 10.3. The molecule has 0 bridgehead atoms. The van der Waals surface area contributed by atoms with Crippen LogP contribution < -0.4 is 24.7 Å². The molecule has 1 fully saturated rings. The van der Waals surface area contributed by atoms with E-state index in [2.05, 4.69) is 15.0 Å². The zero-order valence-corrected chi connectivity index (χ0v) is 25.8. The summed E-state index contributed by atoms with van der Waals surface area (Å²) in [6.07, 6.45) is 2.59. The molecule has 0 unspecified atom stereocenters. The zero-order chi connectivity index (χ0) is 31.1. The van der Waals surface area contributed by atoms with Crippen molar-refractivity contribution in [3.05, 3.63) is 59.1 Å². The molecule has 0 spiro atoms. The number of pyridine rings is 2. The molecule has 0 saturated carbocycles. The number of halogens is 1. The van der Waals surface area contributed by atoms with Gasteiger partial charge in [-0.3, -0.25) is 4.79 Å². The van der Waals surface area contributed by atoms with Crippen LogP contribution in [0.5, 0.6) is 5.75 Å². The summed E-state index contributed by atoms with van der Waals surface area (Å²) in [6, 6.07) is 14.8. The van der Waals surface area contributed by atoms with Gasteiger partial charge in [-0.15, -0.1) is 0 Å². The molecule has 0 radical (unpaired) electrons. The van der Waals surface area contributed by atoms with Crippen LogP contribution in [0.15, 0.2) is 53.6 Å². The Balaban J connectivity index is 1.66. The summed E-state index contributed by atoms with van der Waals surface area (Å²) in [5, 5.41) is 11.3. The molecule has 3 aromatic rings. The summed E-state index contributed by atoms with van der Waals surface area (Å²) in [5.41, 5.74) is 1.41. The quantitative estimate of drug-likeness (QED) is 0.309. The lowest BCUT2D eigenvalue weighted by atomic mass is 10.1. The Morgan fingerprint density at radius 1 is 1.16 bits per heavy atom. The number of hydrogen-bond acceptors (Lipinski definition) is 8. The van der Waals surface area contributed by atoms with Crippen molar-refractivity contribution in [2.45, 2.75) is 70.0 Å². The molecule has 3 N–H and O–H groups in total. The molecular weight excluding hydrogens is 592 g/mol. The molecule has 2 amide bonds. The molecule has 3 heterocycles. The first kappa shape index (κ1) is 31.7. The Morgan fingerprint density at radius 2 is 1.91 bits per heavy atom. The van der Waals surface area contributed by atoms with Crippen molar-refractivity contribution in [1.82, 2.24) is 9.71 Å². The highest BCUT2D eigenvalue weighted by Gasteiger charge is 2.33. The maximum absolute atomic E-state index is 13.6. The fourth-order valence-corrected chi connectivity index (χ4v) is 6.01. The highest BCUT2D eigenvalue weighted by atomic mass is 35.5. The predicted molar refractivity (Wildman–Crippen MR) is 162 cm³/mol. The minimum Gasteiger partial charge on any atom is -0.492 e. The van der Waals surface area contributed by atoms with Crippen LogP contribution in [0.4, 0.5) is 11.6 Å². The van der Waals surface area contributed by atoms with Crippen LogP contribution >= 0.6 is 11.6 Å². The van der Waals surface area contributed by atoms with Crippen molar-refractivity contribution in [3.63, 3.8) is 0 Å². The number of carbonyl (C=O) groups is 2. The maximum atomic E-state index is 13.6. The Labute approximate surface area is 256 Å². The highest BCUT2D eigenvalue weighted by Crippen LogP contribution is 2.35. The van der Waals surface area contributed by atoms with Crippen LogP contribution in [0.1, 0.15) is 63.2 Å². The summed E-state index contributed by atoms with van der Waals surface area (Å²) in [5.74, 6) is -0.294. The van der Waals surface area contributed by atoms with Gasteiger partial charge in [-0.1, -0.05) is 24.6 Å². The van der Waals surface area contributed by atoms with Gasteiger partial charge < -0.3 is 9.64 Å². The van der Waals surface area contributed by atoms with Gasteiger partial charge in [0.1, 0.15) is 11.6 Å². The van der Waals surface area contributed by atoms with Crippen LogP contribution in [0.25, 0.3) is 11.3 Å². The molecule has 1 aromatic carbocycles. The molecule has 1 saturated heterocycles. The van der Waals surface area contributed by atoms with Crippen molar-refractivity contribution in [1.29, 1.82) is 5.26 Å². The Kier molecular flexibility index (Phi) is 10.2. The van der Waals surface area contributed by atoms with E-state index in [4.69, 9.17) is 26.6 Å². The van der Waals surface area contributed by atoms with Gasteiger partial charge in [0.25, 0.3) is 11.7 Å². The number of carbonyl (C=O) groups excluding carboxylic acids is 2. The molecule has 4 rings (SSSR count). The summed E-state index contributed by atoms with van der Waals surface area (Å²) in [4.78, 5) is 35.1. The number of benzene rings is 1. The molecular formula is C30H34ClN6O5S+. The van der Waals surface area contributed by atoms with Gasteiger partial charge in [-0.05, 0) is 69.5 Å². The molecule has 1 aliphatic heterocycles. The van der Waals surface area contributed by atoms with Gasteiger partial charge in [-0.2, -0.15) is 13.7 Å². The summed E-state index contributed by atoms with van der Waals surface area (Å²) >= 11 is 6.33. The topological polar surface area (TPSA) is 156 Å². The normalized spacial score (nSPS) is 16.4. The summed E-state index contributed by atoms with van der Waals surface area (Å²) in [7, 11) is -4.37. The number of sulfonamides is 1. The first-order valence-corrected chi connectivity index (χ1v) is 15.9. The third-order valence-corrected chi connectivity index (χ3v) is 8.61. The molecule has 11 nitrogen and oxygen atoms in total. The smallest absolute Gasteiger partial charge is 0.308 e. The van der Waals surface area contributed by atoms with Gasteiger partial charge in [-0.25, -0.2) is 24.8 Å². The van der Waals surface area contributed by atoms with Gasteiger partial charge in [0.2, 0.25) is 5.03 Å². The standard InChI is InChI=1S/C30H33ClN6O5S/c1-4-17-42-25-18-21(12-14-23(25)31)24-15-13-22(29(33-24)37-19(2)10-11-20(37)3)30(39)36-43(40,41)28-9-5-7-26(35-28)34-27(38)8-6-16-32/h5,7,9,12-15,18-20H,4,6,8,10-11,17H2,1-3H3,(H,36,39)(H,34,35,38)/p+1/t19-,20+. The van der Waals surface area contributed by atoms with Gasteiger partial charge >= 0.3 is 15.9 Å². The van der Waals surface area contributed by atoms with Crippen molar-refractivity contribution in [3.8, 4) is 23.1 Å². The van der Waals surface area contributed by atoms with Gasteiger partial charge in [0.15, 0.2) is 0 Å². The number of nitriles is 1. The van der Waals surface area contributed by atoms with E-state index in [9.17, 15) is 18.0 Å².